The van der Waals surface area contributed by atoms with Crippen molar-refractivity contribution in [3.63, 3.8) is 0 Å². The highest BCUT2D eigenvalue weighted by Crippen LogP contribution is 2.40. The van der Waals surface area contributed by atoms with E-state index >= 15 is 0 Å². The van der Waals surface area contributed by atoms with Crippen LogP contribution in [-0.4, -0.2) is 20.8 Å². The number of methoxy groups -OCH3 is 2. The van der Waals surface area contributed by atoms with E-state index in [2.05, 4.69) is 5.32 Å². The van der Waals surface area contributed by atoms with Gasteiger partial charge in [-0.25, -0.2) is 0 Å². The van der Waals surface area contributed by atoms with Crippen LogP contribution >= 0.6 is 23.2 Å². The van der Waals surface area contributed by atoms with Gasteiger partial charge >= 0.3 is 0 Å². The van der Waals surface area contributed by atoms with Crippen molar-refractivity contribution in [1.82, 2.24) is 5.32 Å². The van der Waals surface area contributed by atoms with Crippen LogP contribution in [0, 0.1) is 0 Å². The molecular weight excluding hydrogens is 321 g/mol. The third kappa shape index (κ3) is 2.76. The van der Waals surface area contributed by atoms with E-state index in [1.54, 1.807) is 20.3 Å². The highest BCUT2D eigenvalue weighted by atomic mass is 35.5. The van der Waals surface area contributed by atoms with Crippen molar-refractivity contribution < 1.29 is 9.47 Å². The van der Waals surface area contributed by atoms with E-state index in [1.165, 1.54) is 11.1 Å². The molecule has 0 spiro atoms. The quantitative estimate of drug-likeness (QED) is 0.908. The lowest BCUT2D eigenvalue weighted by Gasteiger charge is -2.28. The molecule has 1 aliphatic rings. The van der Waals surface area contributed by atoms with Gasteiger partial charge in [-0.1, -0.05) is 29.3 Å². The van der Waals surface area contributed by atoms with Crippen molar-refractivity contribution in [2.24, 2.45) is 0 Å². The minimum atomic E-state index is 0.160. The van der Waals surface area contributed by atoms with E-state index in [9.17, 15) is 0 Å². The summed E-state index contributed by atoms with van der Waals surface area (Å²) in [6, 6.07) is 9.72. The van der Waals surface area contributed by atoms with Crippen LogP contribution in [0.1, 0.15) is 22.6 Å². The van der Waals surface area contributed by atoms with Gasteiger partial charge in [-0.3, -0.25) is 0 Å². The Hall–Kier alpha value is -1.42. The molecule has 0 aromatic heterocycles. The van der Waals surface area contributed by atoms with Crippen LogP contribution in [-0.2, 0) is 6.54 Å². The summed E-state index contributed by atoms with van der Waals surface area (Å²) in [4.78, 5) is 0. The zero-order valence-electron chi connectivity index (χ0n) is 12.5. The summed E-state index contributed by atoms with van der Waals surface area (Å²) in [6.45, 7) is 1.63. The first-order valence-electron chi connectivity index (χ1n) is 7.04. The van der Waals surface area contributed by atoms with Crippen molar-refractivity contribution in [2.45, 2.75) is 12.5 Å². The molecule has 1 N–H and O–H groups in total. The van der Waals surface area contributed by atoms with Crippen LogP contribution < -0.4 is 14.8 Å². The molecule has 0 saturated carbocycles. The lowest BCUT2D eigenvalue weighted by Crippen LogP contribution is -2.29. The number of rotatable bonds is 3. The third-order valence-corrected chi connectivity index (χ3v) is 4.59. The van der Waals surface area contributed by atoms with E-state index in [4.69, 9.17) is 32.7 Å². The highest BCUT2D eigenvalue weighted by Gasteiger charge is 2.25. The molecule has 0 bridgehead atoms. The number of fused-ring (bicyclic) bond motifs is 1. The molecule has 0 saturated heterocycles. The Morgan fingerprint density at radius 3 is 2.41 bits per heavy atom. The lowest BCUT2D eigenvalue weighted by atomic mass is 9.85. The summed E-state index contributed by atoms with van der Waals surface area (Å²) >= 11 is 12.4. The standard InChI is InChI=1S/C17H17Cl2NO2/c1-21-16-5-10-8-20-9-14(13(10)7-17(16)22-2)12-4-3-11(18)6-15(12)19/h3-7,14,20H,8-9H2,1-2H3. The predicted octanol–water partition coefficient (Wildman–Crippen LogP) is 4.25. The SMILES string of the molecule is COc1cc2c(cc1OC)C(c1ccc(Cl)cc1Cl)CNC2. The molecular formula is C17H17Cl2NO2. The van der Waals surface area contributed by atoms with E-state index in [-0.39, 0.29) is 5.92 Å². The highest BCUT2D eigenvalue weighted by molar-refractivity contribution is 6.35. The summed E-state index contributed by atoms with van der Waals surface area (Å²) in [5.41, 5.74) is 3.47. The van der Waals surface area contributed by atoms with Gasteiger partial charge in [-0.05, 0) is 41.0 Å². The molecule has 1 unspecified atom stereocenters. The maximum absolute atomic E-state index is 6.39. The number of nitrogens with one attached hydrogen (secondary N) is 1. The Labute approximate surface area is 140 Å². The van der Waals surface area contributed by atoms with Crippen LogP contribution in [0.4, 0.5) is 0 Å². The fraction of sp³-hybridized carbons (Fsp3) is 0.294. The molecule has 3 nitrogen and oxygen atoms in total. The zero-order valence-corrected chi connectivity index (χ0v) is 14.0. The molecule has 0 fully saturated rings. The molecule has 0 radical (unpaired) electrons. The zero-order chi connectivity index (χ0) is 15.7. The fourth-order valence-corrected chi connectivity index (χ4v) is 3.48. The van der Waals surface area contributed by atoms with E-state index in [0.717, 1.165) is 30.2 Å². The topological polar surface area (TPSA) is 30.5 Å². The fourth-order valence-electron chi connectivity index (χ4n) is 2.94. The Balaban J connectivity index is 2.10. The first kappa shape index (κ1) is 15.5. The maximum Gasteiger partial charge on any atom is 0.161 e. The number of benzene rings is 2. The van der Waals surface area contributed by atoms with Crippen LogP contribution in [0.2, 0.25) is 10.0 Å². The normalized spacial score (nSPS) is 17.0. The third-order valence-electron chi connectivity index (χ3n) is 4.02. The average molecular weight is 338 g/mol. The number of ether oxygens (including phenoxy) is 2. The predicted molar refractivity (Wildman–Crippen MR) is 89.6 cm³/mol. The second-order valence-corrected chi connectivity index (χ2v) is 6.10. The van der Waals surface area contributed by atoms with Crippen molar-refractivity contribution >= 4 is 23.2 Å². The smallest absolute Gasteiger partial charge is 0.161 e. The Kier molecular flexibility index (Phi) is 4.48. The summed E-state index contributed by atoms with van der Waals surface area (Å²) in [7, 11) is 3.30. The molecule has 5 heteroatoms. The maximum atomic E-state index is 6.39. The van der Waals surface area contributed by atoms with Crippen molar-refractivity contribution in [2.75, 3.05) is 20.8 Å². The first-order valence-corrected chi connectivity index (χ1v) is 7.80. The molecule has 1 aliphatic heterocycles. The second kappa shape index (κ2) is 6.37. The summed E-state index contributed by atoms with van der Waals surface area (Å²) in [5.74, 6) is 1.64. The van der Waals surface area contributed by atoms with E-state index in [1.807, 2.05) is 24.3 Å². The molecule has 2 aromatic rings. The second-order valence-electron chi connectivity index (χ2n) is 5.26. The van der Waals surface area contributed by atoms with Gasteiger partial charge in [-0.15, -0.1) is 0 Å². The van der Waals surface area contributed by atoms with E-state index < -0.39 is 0 Å². The van der Waals surface area contributed by atoms with Gasteiger partial charge in [0.15, 0.2) is 11.5 Å². The van der Waals surface area contributed by atoms with Crippen molar-refractivity contribution in [3.8, 4) is 11.5 Å². The Morgan fingerprint density at radius 2 is 1.73 bits per heavy atom. The van der Waals surface area contributed by atoms with Gasteiger partial charge < -0.3 is 14.8 Å². The van der Waals surface area contributed by atoms with Gasteiger partial charge in [0.1, 0.15) is 0 Å². The minimum Gasteiger partial charge on any atom is -0.493 e. The molecule has 0 aliphatic carbocycles. The van der Waals surface area contributed by atoms with Gasteiger partial charge in [0.25, 0.3) is 0 Å². The lowest BCUT2D eigenvalue weighted by molar-refractivity contribution is 0.353. The Morgan fingerprint density at radius 1 is 1.00 bits per heavy atom. The summed E-state index contributed by atoms with van der Waals surface area (Å²) < 4.78 is 10.8. The first-order chi connectivity index (χ1) is 10.6. The molecule has 1 atom stereocenters. The molecule has 1 heterocycles. The van der Waals surface area contributed by atoms with Crippen LogP contribution in [0.5, 0.6) is 11.5 Å². The minimum absolute atomic E-state index is 0.160. The molecule has 3 rings (SSSR count). The van der Waals surface area contributed by atoms with E-state index in [0.29, 0.717) is 10.0 Å². The number of hydrogen-bond donors (Lipinski definition) is 1. The van der Waals surface area contributed by atoms with Crippen LogP contribution in [0.15, 0.2) is 30.3 Å². The van der Waals surface area contributed by atoms with Crippen LogP contribution in [0.3, 0.4) is 0 Å². The largest absolute Gasteiger partial charge is 0.493 e. The van der Waals surface area contributed by atoms with Crippen molar-refractivity contribution in [1.29, 1.82) is 0 Å². The number of hydrogen-bond acceptors (Lipinski definition) is 3. The summed E-state index contributed by atoms with van der Waals surface area (Å²) in [5, 5.41) is 4.76. The average Bonchev–Trinajstić information content (AvgIpc) is 2.53. The van der Waals surface area contributed by atoms with Crippen LogP contribution in [0.25, 0.3) is 0 Å². The molecule has 116 valence electrons. The molecule has 22 heavy (non-hydrogen) atoms. The van der Waals surface area contributed by atoms with Gasteiger partial charge in [-0.2, -0.15) is 0 Å². The molecule has 0 amide bonds. The summed E-state index contributed by atoms with van der Waals surface area (Å²) in [6.07, 6.45) is 0. The van der Waals surface area contributed by atoms with Crippen molar-refractivity contribution in [3.05, 3.63) is 57.1 Å². The number of halogens is 2. The Bertz CT molecular complexity index is 703. The monoisotopic (exact) mass is 337 g/mol. The molecule has 2 aromatic carbocycles. The van der Waals surface area contributed by atoms with Gasteiger partial charge in [0.05, 0.1) is 14.2 Å². The van der Waals surface area contributed by atoms with Gasteiger partial charge in [0, 0.05) is 29.1 Å². The van der Waals surface area contributed by atoms with Gasteiger partial charge in [0.2, 0.25) is 0 Å².